The molecule has 0 unspecified atom stereocenters. The van der Waals surface area contributed by atoms with Crippen LogP contribution in [0.4, 0.5) is 0 Å². The van der Waals surface area contributed by atoms with Gasteiger partial charge in [0.25, 0.3) is 0 Å². The fourth-order valence-electron chi connectivity index (χ4n) is 1.53. The van der Waals surface area contributed by atoms with E-state index in [0.717, 1.165) is 30.4 Å². The van der Waals surface area contributed by atoms with E-state index in [0.29, 0.717) is 6.04 Å². The summed E-state index contributed by atoms with van der Waals surface area (Å²) in [6.07, 6.45) is 5.66. The molecule has 1 aliphatic rings. The Morgan fingerprint density at radius 3 is 2.93 bits per heavy atom. The van der Waals surface area contributed by atoms with E-state index in [1.165, 1.54) is 12.8 Å². The number of rotatable bonds is 5. The van der Waals surface area contributed by atoms with Crippen molar-refractivity contribution in [2.75, 3.05) is 0 Å². The number of nitrogens with one attached hydrogen (secondary N) is 1. The van der Waals surface area contributed by atoms with Gasteiger partial charge < -0.3 is 5.32 Å². The van der Waals surface area contributed by atoms with Crippen molar-refractivity contribution >= 4 is 0 Å². The van der Waals surface area contributed by atoms with Crippen LogP contribution in [0, 0.1) is 5.92 Å². The summed E-state index contributed by atoms with van der Waals surface area (Å²) in [5.74, 6) is 1.87. The van der Waals surface area contributed by atoms with E-state index in [1.807, 2.05) is 12.3 Å². The van der Waals surface area contributed by atoms with Crippen molar-refractivity contribution < 1.29 is 0 Å². The molecule has 82 valence electrons. The van der Waals surface area contributed by atoms with Crippen molar-refractivity contribution in [1.29, 1.82) is 0 Å². The molecule has 0 bridgehead atoms. The Morgan fingerprint density at radius 1 is 1.47 bits per heavy atom. The summed E-state index contributed by atoms with van der Waals surface area (Å²) in [7, 11) is 0. The van der Waals surface area contributed by atoms with Gasteiger partial charge in [0.05, 0.1) is 5.69 Å². The monoisotopic (exact) mass is 205 g/mol. The van der Waals surface area contributed by atoms with Gasteiger partial charge in [0.15, 0.2) is 0 Å². The molecule has 1 aromatic heterocycles. The lowest BCUT2D eigenvalue weighted by Crippen LogP contribution is -2.22. The predicted octanol–water partition coefficient (Wildman–Crippen LogP) is 1.93. The second-order valence-electron chi connectivity index (χ2n) is 4.65. The van der Waals surface area contributed by atoms with Gasteiger partial charge in [-0.3, -0.25) is 0 Å². The van der Waals surface area contributed by atoms with Crippen LogP contribution in [0.25, 0.3) is 0 Å². The van der Waals surface area contributed by atoms with E-state index < -0.39 is 0 Å². The van der Waals surface area contributed by atoms with Gasteiger partial charge in [-0.05, 0) is 24.8 Å². The topological polar surface area (TPSA) is 37.8 Å². The molecule has 1 fully saturated rings. The molecule has 3 nitrogen and oxygen atoms in total. The summed E-state index contributed by atoms with van der Waals surface area (Å²) in [6, 6.07) is 2.50. The Hall–Kier alpha value is -0.960. The molecule has 1 aliphatic carbocycles. The fourth-order valence-corrected chi connectivity index (χ4v) is 1.53. The Labute approximate surface area is 91.3 Å². The molecule has 1 aromatic rings. The second kappa shape index (κ2) is 4.71. The highest BCUT2D eigenvalue weighted by atomic mass is 14.9. The molecule has 1 N–H and O–H groups in total. The van der Waals surface area contributed by atoms with Crippen LogP contribution in [-0.2, 0) is 13.0 Å². The average Bonchev–Trinajstić information content (AvgIpc) is 2.99. The second-order valence-corrected chi connectivity index (χ2v) is 4.65. The van der Waals surface area contributed by atoms with Crippen molar-refractivity contribution in [3.05, 3.63) is 23.8 Å². The molecule has 0 radical (unpaired) electrons. The third-order valence-electron chi connectivity index (χ3n) is 2.62. The highest BCUT2D eigenvalue weighted by Crippen LogP contribution is 2.31. The van der Waals surface area contributed by atoms with E-state index in [-0.39, 0.29) is 0 Å². The zero-order chi connectivity index (χ0) is 10.7. The predicted molar refractivity (Wildman–Crippen MR) is 60.4 cm³/mol. The third kappa shape index (κ3) is 3.59. The van der Waals surface area contributed by atoms with Crippen LogP contribution < -0.4 is 5.32 Å². The van der Waals surface area contributed by atoms with Gasteiger partial charge in [0.1, 0.15) is 5.82 Å². The standard InChI is InChI=1S/C12H19N3/c1-9(2)14-8-11-5-6-13-12(15-11)7-10-3-4-10/h5-6,9-10,14H,3-4,7-8H2,1-2H3. The largest absolute Gasteiger partial charge is 0.309 e. The molecule has 0 atom stereocenters. The van der Waals surface area contributed by atoms with Crippen LogP contribution >= 0.6 is 0 Å². The van der Waals surface area contributed by atoms with Crippen LogP contribution in [0.3, 0.4) is 0 Å². The fraction of sp³-hybridized carbons (Fsp3) is 0.667. The summed E-state index contributed by atoms with van der Waals surface area (Å²) < 4.78 is 0. The summed E-state index contributed by atoms with van der Waals surface area (Å²) in [4.78, 5) is 8.86. The molecule has 0 aromatic carbocycles. The van der Waals surface area contributed by atoms with E-state index in [2.05, 4.69) is 29.1 Å². The zero-order valence-corrected chi connectivity index (χ0v) is 9.53. The summed E-state index contributed by atoms with van der Waals surface area (Å²) in [5.41, 5.74) is 1.11. The van der Waals surface area contributed by atoms with Crippen LogP contribution in [0.5, 0.6) is 0 Å². The number of hydrogen-bond acceptors (Lipinski definition) is 3. The quantitative estimate of drug-likeness (QED) is 0.798. The van der Waals surface area contributed by atoms with E-state index in [9.17, 15) is 0 Å². The Morgan fingerprint density at radius 2 is 2.27 bits per heavy atom. The van der Waals surface area contributed by atoms with Crippen molar-refractivity contribution in [1.82, 2.24) is 15.3 Å². The minimum absolute atomic E-state index is 0.506. The van der Waals surface area contributed by atoms with Crippen molar-refractivity contribution in [2.24, 2.45) is 5.92 Å². The molecule has 1 heterocycles. The van der Waals surface area contributed by atoms with Gasteiger partial charge in [-0.25, -0.2) is 9.97 Å². The normalized spacial score (nSPS) is 15.9. The Kier molecular flexibility index (Phi) is 3.31. The average molecular weight is 205 g/mol. The van der Waals surface area contributed by atoms with Gasteiger partial charge in [0, 0.05) is 25.2 Å². The molecule has 0 amide bonds. The van der Waals surface area contributed by atoms with Crippen LogP contribution in [-0.4, -0.2) is 16.0 Å². The van der Waals surface area contributed by atoms with E-state index >= 15 is 0 Å². The maximum Gasteiger partial charge on any atom is 0.128 e. The van der Waals surface area contributed by atoms with Crippen molar-refractivity contribution in [2.45, 2.75) is 45.7 Å². The number of nitrogens with zero attached hydrogens (tertiary/aromatic N) is 2. The maximum atomic E-state index is 4.55. The first-order valence-electron chi connectivity index (χ1n) is 5.78. The summed E-state index contributed by atoms with van der Waals surface area (Å²) in [6.45, 7) is 5.14. The van der Waals surface area contributed by atoms with Crippen molar-refractivity contribution in [3.63, 3.8) is 0 Å². The molecular weight excluding hydrogens is 186 g/mol. The molecular formula is C12H19N3. The molecule has 15 heavy (non-hydrogen) atoms. The summed E-state index contributed by atoms with van der Waals surface area (Å²) in [5, 5.41) is 3.37. The first-order chi connectivity index (χ1) is 7.24. The number of hydrogen-bond donors (Lipinski definition) is 1. The SMILES string of the molecule is CC(C)NCc1ccnc(CC2CC2)n1. The Balaban J connectivity index is 1.92. The van der Waals surface area contributed by atoms with Crippen molar-refractivity contribution in [3.8, 4) is 0 Å². The lowest BCUT2D eigenvalue weighted by Gasteiger charge is -2.07. The third-order valence-corrected chi connectivity index (χ3v) is 2.62. The summed E-state index contributed by atoms with van der Waals surface area (Å²) >= 11 is 0. The molecule has 0 aliphatic heterocycles. The molecule has 0 saturated heterocycles. The lowest BCUT2D eigenvalue weighted by atomic mass is 10.2. The van der Waals surface area contributed by atoms with E-state index in [4.69, 9.17) is 0 Å². The molecule has 0 spiro atoms. The zero-order valence-electron chi connectivity index (χ0n) is 9.53. The van der Waals surface area contributed by atoms with Gasteiger partial charge in [-0.2, -0.15) is 0 Å². The van der Waals surface area contributed by atoms with Crippen LogP contribution in [0.1, 0.15) is 38.2 Å². The Bertz CT molecular complexity index is 318. The highest BCUT2D eigenvalue weighted by Gasteiger charge is 2.22. The van der Waals surface area contributed by atoms with Gasteiger partial charge in [0.2, 0.25) is 0 Å². The first-order valence-corrected chi connectivity index (χ1v) is 5.78. The molecule has 1 saturated carbocycles. The van der Waals surface area contributed by atoms with Gasteiger partial charge >= 0.3 is 0 Å². The van der Waals surface area contributed by atoms with Gasteiger partial charge in [-0.15, -0.1) is 0 Å². The van der Waals surface area contributed by atoms with Crippen LogP contribution in [0.2, 0.25) is 0 Å². The first kappa shape index (κ1) is 10.6. The lowest BCUT2D eigenvalue weighted by molar-refractivity contribution is 0.577. The molecule has 3 heteroatoms. The minimum atomic E-state index is 0.506. The maximum absolute atomic E-state index is 4.55. The minimum Gasteiger partial charge on any atom is -0.309 e. The smallest absolute Gasteiger partial charge is 0.128 e. The van der Waals surface area contributed by atoms with E-state index in [1.54, 1.807) is 0 Å². The van der Waals surface area contributed by atoms with Crippen LogP contribution in [0.15, 0.2) is 12.3 Å². The molecule has 2 rings (SSSR count). The van der Waals surface area contributed by atoms with Gasteiger partial charge in [-0.1, -0.05) is 13.8 Å². The number of aromatic nitrogens is 2. The highest BCUT2D eigenvalue weighted by molar-refractivity contribution is 5.03.